The van der Waals surface area contributed by atoms with Crippen LogP contribution in [-0.2, 0) is 14.8 Å². The number of carbonyl (C=O) groups is 1. The highest BCUT2D eigenvalue weighted by Crippen LogP contribution is 2.55. The minimum atomic E-state index is -4.61. The molecule has 1 amide bonds. The van der Waals surface area contributed by atoms with Crippen LogP contribution in [0.5, 0.6) is 5.88 Å². The number of nitrogens with zero attached hydrogens (tertiary/aromatic N) is 5. The summed E-state index contributed by atoms with van der Waals surface area (Å²) in [5.74, 6) is -0.328. The summed E-state index contributed by atoms with van der Waals surface area (Å²) in [7, 11) is -4.61. The van der Waals surface area contributed by atoms with Crippen molar-refractivity contribution in [3.63, 3.8) is 0 Å². The molecule has 16 nitrogen and oxygen atoms in total. The van der Waals surface area contributed by atoms with E-state index in [-0.39, 0.29) is 28.6 Å². The van der Waals surface area contributed by atoms with Gasteiger partial charge in [-0.1, -0.05) is 36.9 Å². The molecular formula is C50H56N8O8S. The molecule has 0 bridgehead atoms. The molecule has 0 radical (unpaired) electrons. The van der Waals surface area contributed by atoms with Crippen LogP contribution in [0.15, 0.2) is 90.5 Å². The van der Waals surface area contributed by atoms with Gasteiger partial charge in [-0.2, -0.15) is 4.98 Å². The molecule has 11 rings (SSSR count). The van der Waals surface area contributed by atoms with Crippen LogP contribution < -0.4 is 24.6 Å². The SMILES string of the molecule is C=Cc1ccccc1[C@@H]1CCCN1C1CC2(C1)CN(c1ccc(C(=O)NS(=O)(=O)c3ccc(NCC4CCC(C)(O)CC4)c([N+](=O)[O-])c3)c(N3c4cc5cc[nH]c5nc4O[C@H]4COC[C@@H]43)c1)C2. The molecule has 6 heterocycles. The number of nitrogens with one attached hydrogen (secondary N) is 3. The molecule has 1 spiro atoms. The maximum absolute atomic E-state index is 14.5. The number of nitro benzene ring substituents is 1. The van der Waals surface area contributed by atoms with Crippen LogP contribution in [0.1, 0.15) is 85.8 Å². The van der Waals surface area contributed by atoms with Crippen molar-refractivity contribution in [1.29, 1.82) is 0 Å². The van der Waals surface area contributed by atoms with Gasteiger partial charge in [-0.3, -0.25) is 19.8 Å². The number of carbonyl (C=O) groups excluding carboxylic acids is 1. The number of aromatic amines is 1. The molecule has 3 aromatic carbocycles. The zero-order valence-corrected chi connectivity index (χ0v) is 38.3. The van der Waals surface area contributed by atoms with Crippen LogP contribution in [0, 0.1) is 21.4 Å². The molecule has 350 valence electrons. The Morgan fingerprint density at radius 3 is 2.64 bits per heavy atom. The molecule has 4 aliphatic heterocycles. The average Bonchev–Trinajstić information content (AvgIpc) is 4.08. The first-order chi connectivity index (χ1) is 32.3. The zero-order chi connectivity index (χ0) is 46.2. The summed E-state index contributed by atoms with van der Waals surface area (Å²) in [6, 6.07) is 22.1. The van der Waals surface area contributed by atoms with Gasteiger partial charge in [0.2, 0.25) is 5.88 Å². The molecule has 0 unspecified atom stereocenters. The summed E-state index contributed by atoms with van der Waals surface area (Å²) < 4.78 is 42.8. The molecule has 2 aliphatic carbocycles. The summed E-state index contributed by atoms with van der Waals surface area (Å²) in [5, 5.41) is 26.6. The third-order valence-electron chi connectivity index (χ3n) is 15.4. The molecule has 4 N–H and O–H groups in total. The predicted octanol–water partition coefficient (Wildman–Crippen LogP) is 7.69. The van der Waals surface area contributed by atoms with Crippen molar-refractivity contribution in [2.45, 2.75) is 93.0 Å². The van der Waals surface area contributed by atoms with E-state index in [9.17, 15) is 28.4 Å². The molecule has 3 atom stereocenters. The molecule has 67 heavy (non-hydrogen) atoms. The molecule has 6 aliphatic rings. The van der Waals surface area contributed by atoms with E-state index in [1.165, 1.54) is 29.7 Å². The Morgan fingerprint density at radius 1 is 1.04 bits per heavy atom. The number of pyridine rings is 1. The van der Waals surface area contributed by atoms with E-state index in [4.69, 9.17) is 14.5 Å². The summed E-state index contributed by atoms with van der Waals surface area (Å²) in [6.07, 6.45) is 10.7. The van der Waals surface area contributed by atoms with E-state index >= 15 is 0 Å². The smallest absolute Gasteiger partial charge is 0.293 e. The van der Waals surface area contributed by atoms with E-state index < -0.39 is 43.1 Å². The number of sulfonamides is 1. The summed E-state index contributed by atoms with van der Waals surface area (Å²) in [6.45, 7) is 9.74. The summed E-state index contributed by atoms with van der Waals surface area (Å²) in [4.78, 5) is 40.8. The summed E-state index contributed by atoms with van der Waals surface area (Å²) >= 11 is 0. The molecule has 17 heteroatoms. The van der Waals surface area contributed by atoms with Crippen LogP contribution in [0.25, 0.3) is 17.1 Å². The van der Waals surface area contributed by atoms with Gasteiger partial charge < -0.3 is 34.7 Å². The predicted molar refractivity (Wildman–Crippen MR) is 255 cm³/mol. The molecule has 2 aromatic heterocycles. The minimum absolute atomic E-state index is 0.0954. The largest absolute Gasteiger partial charge is 0.468 e. The first-order valence-electron chi connectivity index (χ1n) is 23.5. The van der Waals surface area contributed by atoms with Crippen LogP contribution in [0.2, 0.25) is 0 Å². The maximum atomic E-state index is 14.5. The highest BCUT2D eigenvalue weighted by Gasteiger charge is 2.55. The first-order valence-corrected chi connectivity index (χ1v) is 25.0. The number of aromatic nitrogens is 2. The Bertz CT molecular complexity index is 2880. The van der Waals surface area contributed by atoms with Crippen molar-refractivity contribution in [2.75, 3.05) is 54.5 Å². The van der Waals surface area contributed by atoms with E-state index in [0.29, 0.717) is 67.6 Å². The fourth-order valence-electron chi connectivity index (χ4n) is 11.7. The monoisotopic (exact) mass is 928 g/mol. The number of rotatable bonds is 12. The number of amides is 1. The van der Waals surface area contributed by atoms with Crippen LogP contribution in [-0.4, -0.2) is 102 Å². The van der Waals surface area contributed by atoms with Gasteiger partial charge in [0.05, 0.1) is 45.9 Å². The number of hydrogen-bond acceptors (Lipinski definition) is 13. The minimum Gasteiger partial charge on any atom is -0.468 e. The fourth-order valence-corrected chi connectivity index (χ4v) is 12.7. The molecule has 5 aromatic rings. The van der Waals surface area contributed by atoms with Gasteiger partial charge in [-0.05, 0) is 124 Å². The molecule has 3 saturated heterocycles. The number of benzene rings is 3. The third kappa shape index (κ3) is 7.98. The third-order valence-corrected chi connectivity index (χ3v) is 16.7. The van der Waals surface area contributed by atoms with Gasteiger partial charge in [-0.15, -0.1) is 0 Å². The van der Waals surface area contributed by atoms with Gasteiger partial charge >= 0.3 is 0 Å². The van der Waals surface area contributed by atoms with Gasteiger partial charge in [-0.25, -0.2) is 13.1 Å². The van der Waals surface area contributed by atoms with Crippen molar-refractivity contribution in [1.82, 2.24) is 19.6 Å². The second-order valence-electron chi connectivity index (χ2n) is 19.9. The molecule has 5 fully saturated rings. The van der Waals surface area contributed by atoms with E-state index in [1.54, 1.807) is 12.3 Å². The van der Waals surface area contributed by atoms with Crippen molar-refractivity contribution in [2.24, 2.45) is 11.3 Å². The highest BCUT2D eigenvalue weighted by molar-refractivity contribution is 7.90. The Morgan fingerprint density at radius 2 is 1.85 bits per heavy atom. The highest BCUT2D eigenvalue weighted by atomic mass is 32.2. The Hall–Kier alpha value is -6.01. The number of fused-ring (bicyclic) bond motifs is 3. The lowest BCUT2D eigenvalue weighted by atomic mass is 9.60. The van der Waals surface area contributed by atoms with Gasteiger partial charge in [0.15, 0.2) is 0 Å². The van der Waals surface area contributed by atoms with Crippen molar-refractivity contribution in [3.8, 4) is 5.88 Å². The fraction of sp³-hybridized carbons (Fsp3) is 0.440. The van der Waals surface area contributed by atoms with E-state index in [1.807, 2.05) is 42.2 Å². The maximum Gasteiger partial charge on any atom is 0.293 e. The van der Waals surface area contributed by atoms with Crippen LogP contribution >= 0.6 is 0 Å². The van der Waals surface area contributed by atoms with Crippen LogP contribution in [0.4, 0.5) is 28.4 Å². The molecule has 2 saturated carbocycles. The number of aliphatic hydroxyl groups is 1. The van der Waals surface area contributed by atoms with Gasteiger partial charge in [0.25, 0.3) is 21.6 Å². The molecular weight excluding hydrogens is 873 g/mol. The number of likely N-dealkylation sites (tertiary alicyclic amines) is 1. The topological polar surface area (TPSA) is 196 Å². The Kier molecular flexibility index (Phi) is 10.8. The first kappa shape index (κ1) is 43.6. The number of hydrogen-bond donors (Lipinski definition) is 4. The Labute approximate surface area is 389 Å². The zero-order valence-electron chi connectivity index (χ0n) is 37.5. The number of nitro groups is 1. The summed E-state index contributed by atoms with van der Waals surface area (Å²) in [5.41, 5.74) is 4.51. The number of ether oxygens (including phenoxy) is 2. The van der Waals surface area contributed by atoms with Crippen LogP contribution in [0.3, 0.4) is 0 Å². The van der Waals surface area contributed by atoms with E-state index in [2.05, 4.69) is 55.7 Å². The quantitative estimate of drug-likeness (QED) is 0.0703. The van der Waals surface area contributed by atoms with Crippen molar-refractivity contribution < 1.29 is 32.7 Å². The normalized spacial score (nSPS) is 25.8. The van der Waals surface area contributed by atoms with Crippen molar-refractivity contribution >= 4 is 61.5 Å². The standard InChI is InChI=1S/C50H56N8O8S/c1-3-32-7-4-5-8-37(32)40-9-6-20-56(40)35-24-50(25-35)29-55(30-50)34-10-12-38(41(22-34)57-43-21-33-16-19-51-46(33)53-48(43)66-45-28-65-27-44(45)57)47(59)54-67(63,64)36-11-13-39(42(23-36)58(61)62)52-26-31-14-17-49(2,60)18-15-31/h3-5,7-8,10-13,16,19,21-23,31,35,40,44-45,52,60H,1,6,9,14-15,17-18,20,24-30H2,2H3,(H,51,53)(H,54,59)/t31?,40-,44-,45-,49?/m0/s1. The lowest BCUT2D eigenvalue weighted by molar-refractivity contribution is -0.384. The van der Waals surface area contributed by atoms with E-state index in [0.717, 1.165) is 68.9 Å². The average molecular weight is 929 g/mol. The van der Waals surface area contributed by atoms with Crippen molar-refractivity contribution in [3.05, 3.63) is 112 Å². The lowest BCUT2D eigenvalue weighted by Crippen LogP contribution is -2.66. The second-order valence-corrected chi connectivity index (χ2v) is 21.6. The lowest BCUT2D eigenvalue weighted by Gasteiger charge is -2.62. The van der Waals surface area contributed by atoms with Gasteiger partial charge in [0, 0.05) is 60.5 Å². The van der Waals surface area contributed by atoms with Gasteiger partial charge in [0.1, 0.15) is 23.1 Å². The number of anilines is 4. The number of H-pyrrole nitrogens is 1. The second kappa shape index (κ2) is 16.6. The Balaban J connectivity index is 0.868.